The molecule has 3 aromatic rings. The van der Waals surface area contributed by atoms with Crippen molar-refractivity contribution in [1.29, 1.82) is 0 Å². The summed E-state index contributed by atoms with van der Waals surface area (Å²) in [7, 11) is 0. The number of carbonyl (C=O) groups excluding carboxylic acids is 1. The van der Waals surface area contributed by atoms with Crippen molar-refractivity contribution in [2.24, 2.45) is 5.92 Å². The predicted octanol–water partition coefficient (Wildman–Crippen LogP) is 6.85. The van der Waals surface area contributed by atoms with E-state index in [0.29, 0.717) is 35.6 Å². The van der Waals surface area contributed by atoms with Gasteiger partial charge in [-0.3, -0.25) is 14.2 Å². The third kappa shape index (κ3) is 6.59. The van der Waals surface area contributed by atoms with E-state index in [1.807, 2.05) is 48.2 Å². The number of nitrogens with zero attached hydrogens (tertiary/aromatic N) is 3. The lowest BCUT2D eigenvalue weighted by atomic mass is 10.1. The number of hydrogen-bond acceptors (Lipinski definition) is 3. The summed E-state index contributed by atoms with van der Waals surface area (Å²) < 4.78 is 1.71. The van der Waals surface area contributed by atoms with E-state index in [4.69, 9.17) is 4.98 Å². The molecule has 1 amide bonds. The number of hydrogen-bond donors (Lipinski definition) is 0. The summed E-state index contributed by atoms with van der Waals surface area (Å²) in [6.07, 6.45) is 6.63. The van der Waals surface area contributed by atoms with Gasteiger partial charge in [0.05, 0.1) is 22.6 Å². The van der Waals surface area contributed by atoms with E-state index in [9.17, 15) is 9.59 Å². The third-order valence-corrected chi connectivity index (χ3v) is 6.76. The Morgan fingerprint density at radius 3 is 2.34 bits per heavy atom. The minimum atomic E-state index is -0.324. The fraction of sp³-hybridized carbons (Fsp3) is 0.500. The van der Waals surface area contributed by atoms with Crippen LogP contribution in [0, 0.1) is 5.92 Å². The normalized spacial score (nSPS) is 12.3. The standard InChI is InChI=1S/C30H41N3O2/c1-6-8-9-10-15-28(34)32(21-20-22(3)4)23(5)29-31-27-14-12-11-13-26(27)30(35)33(29)25-18-16-24(7-2)17-19-25/h11-14,16-19,22-23H,6-10,15,20-21H2,1-5H3. The van der Waals surface area contributed by atoms with Crippen molar-refractivity contribution < 1.29 is 4.79 Å². The van der Waals surface area contributed by atoms with Crippen molar-refractivity contribution in [3.05, 3.63) is 70.3 Å². The van der Waals surface area contributed by atoms with Gasteiger partial charge in [0.1, 0.15) is 5.82 Å². The first kappa shape index (κ1) is 26.7. The van der Waals surface area contributed by atoms with Gasteiger partial charge in [0.15, 0.2) is 0 Å². The second-order valence-electron chi connectivity index (χ2n) is 9.90. The van der Waals surface area contributed by atoms with Gasteiger partial charge in [-0.05, 0) is 61.9 Å². The molecule has 3 rings (SSSR count). The predicted molar refractivity (Wildman–Crippen MR) is 145 cm³/mol. The Labute approximate surface area is 210 Å². The summed E-state index contributed by atoms with van der Waals surface area (Å²) >= 11 is 0. The maximum absolute atomic E-state index is 13.7. The summed E-state index contributed by atoms with van der Waals surface area (Å²) in [5.74, 6) is 1.24. The van der Waals surface area contributed by atoms with Gasteiger partial charge in [-0.15, -0.1) is 0 Å². The molecule has 0 aliphatic heterocycles. The molecule has 0 radical (unpaired) electrons. The van der Waals surface area contributed by atoms with Crippen LogP contribution >= 0.6 is 0 Å². The van der Waals surface area contributed by atoms with E-state index in [1.54, 1.807) is 4.57 Å². The first-order valence-corrected chi connectivity index (χ1v) is 13.3. The van der Waals surface area contributed by atoms with Crippen LogP contribution < -0.4 is 5.56 Å². The molecule has 0 fully saturated rings. The van der Waals surface area contributed by atoms with E-state index in [2.05, 4.69) is 39.8 Å². The van der Waals surface area contributed by atoms with Crippen LogP contribution in [0.4, 0.5) is 0 Å². The number of rotatable bonds is 12. The zero-order valence-corrected chi connectivity index (χ0v) is 22.1. The Hall–Kier alpha value is -2.95. The molecule has 188 valence electrons. The van der Waals surface area contributed by atoms with E-state index in [1.165, 1.54) is 5.56 Å². The van der Waals surface area contributed by atoms with Gasteiger partial charge in [-0.2, -0.15) is 0 Å². The number of para-hydroxylation sites is 1. The Morgan fingerprint density at radius 1 is 0.971 bits per heavy atom. The fourth-order valence-electron chi connectivity index (χ4n) is 4.48. The van der Waals surface area contributed by atoms with Crippen LogP contribution in [0.25, 0.3) is 16.6 Å². The molecule has 0 aliphatic rings. The van der Waals surface area contributed by atoms with E-state index in [-0.39, 0.29) is 17.5 Å². The number of amides is 1. The van der Waals surface area contributed by atoms with Gasteiger partial charge in [0.25, 0.3) is 5.56 Å². The van der Waals surface area contributed by atoms with Crippen LogP contribution in [0.2, 0.25) is 0 Å². The molecule has 1 atom stereocenters. The molecule has 5 heteroatoms. The van der Waals surface area contributed by atoms with E-state index in [0.717, 1.165) is 44.2 Å². The first-order valence-electron chi connectivity index (χ1n) is 13.3. The number of unbranched alkanes of at least 4 members (excludes halogenated alkanes) is 3. The van der Waals surface area contributed by atoms with Crippen molar-refractivity contribution in [2.75, 3.05) is 6.54 Å². The molecular formula is C30H41N3O2. The smallest absolute Gasteiger partial charge is 0.266 e. The van der Waals surface area contributed by atoms with Crippen molar-refractivity contribution in [3.63, 3.8) is 0 Å². The molecule has 5 nitrogen and oxygen atoms in total. The monoisotopic (exact) mass is 475 g/mol. The second-order valence-corrected chi connectivity index (χ2v) is 9.90. The quantitative estimate of drug-likeness (QED) is 0.269. The van der Waals surface area contributed by atoms with Gasteiger partial charge in [-0.1, -0.05) is 71.2 Å². The van der Waals surface area contributed by atoms with Crippen LogP contribution in [0.5, 0.6) is 0 Å². The maximum atomic E-state index is 13.7. The van der Waals surface area contributed by atoms with Crippen LogP contribution in [0.1, 0.15) is 90.6 Å². The minimum Gasteiger partial charge on any atom is -0.333 e. The average Bonchev–Trinajstić information content (AvgIpc) is 2.86. The van der Waals surface area contributed by atoms with Gasteiger partial charge in [0.2, 0.25) is 5.91 Å². The van der Waals surface area contributed by atoms with Crippen LogP contribution in [-0.4, -0.2) is 26.9 Å². The molecule has 1 unspecified atom stereocenters. The van der Waals surface area contributed by atoms with Gasteiger partial charge >= 0.3 is 0 Å². The van der Waals surface area contributed by atoms with Crippen molar-refractivity contribution in [3.8, 4) is 5.69 Å². The summed E-state index contributed by atoms with van der Waals surface area (Å²) in [5.41, 5.74) is 2.57. The van der Waals surface area contributed by atoms with Crippen LogP contribution in [0.15, 0.2) is 53.3 Å². The summed E-state index contributed by atoms with van der Waals surface area (Å²) in [4.78, 5) is 34.1. The molecular weight excluding hydrogens is 434 g/mol. The molecule has 1 heterocycles. The maximum Gasteiger partial charge on any atom is 0.266 e. The lowest BCUT2D eigenvalue weighted by molar-refractivity contribution is -0.133. The fourth-order valence-corrected chi connectivity index (χ4v) is 4.48. The number of benzene rings is 2. The lowest BCUT2D eigenvalue weighted by Crippen LogP contribution is -2.38. The lowest BCUT2D eigenvalue weighted by Gasteiger charge is -2.31. The Bertz CT molecular complexity index is 1160. The molecule has 0 saturated heterocycles. The van der Waals surface area contributed by atoms with Gasteiger partial charge in [0, 0.05) is 13.0 Å². The number of fused-ring (bicyclic) bond motifs is 1. The largest absolute Gasteiger partial charge is 0.333 e. The van der Waals surface area contributed by atoms with E-state index >= 15 is 0 Å². The summed E-state index contributed by atoms with van der Waals surface area (Å²) in [5, 5.41) is 0.586. The summed E-state index contributed by atoms with van der Waals surface area (Å²) in [6.45, 7) is 11.3. The molecule has 0 saturated carbocycles. The zero-order valence-electron chi connectivity index (χ0n) is 22.1. The SMILES string of the molecule is CCCCCCC(=O)N(CCC(C)C)C(C)c1nc2ccccc2c(=O)n1-c1ccc(CC)cc1. The van der Waals surface area contributed by atoms with Crippen LogP contribution in [-0.2, 0) is 11.2 Å². The second kappa shape index (κ2) is 12.7. The first-order chi connectivity index (χ1) is 16.9. The van der Waals surface area contributed by atoms with Crippen LogP contribution in [0.3, 0.4) is 0 Å². The highest BCUT2D eigenvalue weighted by Crippen LogP contribution is 2.25. The molecule has 1 aromatic heterocycles. The van der Waals surface area contributed by atoms with Gasteiger partial charge in [-0.25, -0.2) is 4.98 Å². The highest BCUT2D eigenvalue weighted by molar-refractivity contribution is 5.79. The minimum absolute atomic E-state index is 0.0964. The Kier molecular flexibility index (Phi) is 9.64. The Balaban J connectivity index is 2.08. The van der Waals surface area contributed by atoms with E-state index < -0.39 is 0 Å². The highest BCUT2D eigenvalue weighted by Gasteiger charge is 2.26. The topological polar surface area (TPSA) is 55.2 Å². The molecule has 0 N–H and O–H groups in total. The van der Waals surface area contributed by atoms with Crippen molar-refractivity contribution >= 4 is 16.8 Å². The molecule has 2 aromatic carbocycles. The molecule has 0 aliphatic carbocycles. The van der Waals surface area contributed by atoms with Crippen molar-refractivity contribution in [1.82, 2.24) is 14.5 Å². The zero-order chi connectivity index (χ0) is 25.4. The molecule has 35 heavy (non-hydrogen) atoms. The molecule has 0 spiro atoms. The van der Waals surface area contributed by atoms with Crippen molar-refractivity contribution in [2.45, 2.75) is 85.6 Å². The molecule has 0 bridgehead atoms. The Morgan fingerprint density at radius 2 is 1.69 bits per heavy atom. The number of aryl methyl sites for hydroxylation is 1. The van der Waals surface area contributed by atoms with Gasteiger partial charge < -0.3 is 4.90 Å². The number of carbonyl (C=O) groups is 1. The highest BCUT2D eigenvalue weighted by atomic mass is 16.2. The summed E-state index contributed by atoms with van der Waals surface area (Å²) in [6, 6.07) is 15.2. The number of aromatic nitrogens is 2. The third-order valence-electron chi connectivity index (χ3n) is 6.76. The average molecular weight is 476 g/mol.